The molecule has 0 aliphatic heterocycles. The fraction of sp³-hybridized carbons (Fsp3) is 0.600. The zero-order chi connectivity index (χ0) is 13.5. The van der Waals surface area contributed by atoms with Gasteiger partial charge in [0.1, 0.15) is 5.82 Å². The number of rotatable bonds is 7. The van der Waals surface area contributed by atoms with Gasteiger partial charge >= 0.3 is 0 Å². The minimum absolute atomic E-state index is 0.0795. The van der Waals surface area contributed by atoms with Gasteiger partial charge in [-0.3, -0.25) is 0 Å². The van der Waals surface area contributed by atoms with Crippen LogP contribution in [0.25, 0.3) is 0 Å². The minimum Gasteiger partial charge on any atom is -0.324 e. The van der Waals surface area contributed by atoms with Crippen LogP contribution in [0, 0.1) is 12.7 Å². The quantitative estimate of drug-likeness (QED) is 0.807. The lowest BCUT2D eigenvalue weighted by atomic mass is 10.0. The van der Waals surface area contributed by atoms with Crippen molar-refractivity contribution < 1.29 is 4.39 Å². The second kappa shape index (κ2) is 7.49. The van der Waals surface area contributed by atoms with E-state index < -0.39 is 0 Å². The highest BCUT2D eigenvalue weighted by Gasteiger charge is 2.09. The molecule has 0 saturated carbocycles. The predicted molar refractivity (Wildman–Crippen MR) is 75.1 cm³/mol. The van der Waals surface area contributed by atoms with Gasteiger partial charge in [-0.05, 0) is 57.1 Å². The van der Waals surface area contributed by atoms with Crippen molar-refractivity contribution in [2.75, 3.05) is 20.1 Å². The maximum absolute atomic E-state index is 13.4. The smallest absolute Gasteiger partial charge is 0.126 e. The van der Waals surface area contributed by atoms with E-state index in [2.05, 4.69) is 18.9 Å². The second-order valence-corrected chi connectivity index (χ2v) is 5.06. The Morgan fingerprint density at radius 1 is 1.33 bits per heavy atom. The summed E-state index contributed by atoms with van der Waals surface area (Å²) < 4.78 is 13.4. The van der Waals surface area contributed by atoms with Gasteiger partial charge in [0.05, 0.1) is 0 Å². The van der Waals surface area contributed by atoms with Crippen LogP contribution in [-0.2, 0) is 0 Å². The number of halogens is 1. The first-order valence-corrected chi connectivity index (χ1v) is 6.74. The SMILES string of the molecule is CCCCN(C)CCC(N)c1ccc(C)c(F)c1. The van der Waals surface area contributed by atoms with Crippen molar-refractivity contribution in [3.63, 3.8) is 0 Å². The Balaban J connectivity index is 2.44. The Morgan fingerprint density at radius 2 is 2.06 bits per heavy atom. The standard InChI is InChI=1S/C15H25FN2/c1-4-5-9-18(3)10-8-15(17)13-7-6-12(2)14(16)11-13/h6-7,11,15H,4-5,8-10,17H2,1-3H3. The number of unbranched alkanes of at least 4 members (excludes halogenated alkanes) is 1. The van der Waals surface area contributed by atoms with Crippen molar-refractivity contribution >= 4 is 0 Å². The van der Waals surface area contributed by atoms with Gasteiger partial charge < -0.3 is 10.6 Å². The summed E-state index contributed by atoms with van der Waals surface area (Å²) in [5.74, 6) is -0.165. The van der Waals surface area contributed by atoms with Crippen LogP contribution in [0.4, 0.5) is 4.39 Å². The molecule has 102 valence electrons. The fourth-order valence-electron chi connectivity index (χ4n) is 1.91. The summed E-state index contributed by atoms with van der Waals surface area (Å²) in [5, 5.41) is 0. The van der Waals surface area contributed by atoms with Gasteiger partial charge in [-0.2, -0.15) is 0 Å². The summed E-state index contributed by atoms with van der Waals surface area (Å²) in [4.78, 5) is 2.29. The Kier molecular flexibility index (Phi) is 6.30. The topological polar surface area (TPSA) is 29.3 Å². The first kappa shape index (κ1) is 15.1. The first-order valence-electron chi connectivity index (χ1n) is 6.74. The van der Waals surface area contributed by atoms with E-state index in [0.717, 1.165) is 25.1 Å². The van der Waals surface area contributed by atoms with Gasteiger partial charge in [-0.1, -0.05) is 25.5 Å². The molecule has 0 bridgehead atoms. The molecular weight excluding hydrogens is 227 g/mol. The van der Waals surface area contributed by atoms with Crippen LogP contribution < -0.4 is 5.73 Å². The Morgan fingerprint density at radius 3 is 2.67 bits per heavy atom. The third-order valence-corrected chi connectivity index (χ3v) is 3.34. The molecule has 1 rings (SSSR count). The number of hydrogen-bond acceptors (Lipinski definition) is 2. The Hall–Kier alpha value is -0.930. The number of hydrogen-bond donors (Lipinski definition) is 1. The molecule has 3 heteroatoms. The maximum atomic E-state index is 13.4. The van der Waals surface area contributed by atoms with Crippen molar-refractivity contribution in [1.82, 2.24) is 4.90 Å². The van der Waals surface area contributed by atoms with E-state index in [1.807, 2.05) is 6.07 Å². The lowest BCUT2D eigenvalue weighted by Crippen LogP contribution is -2.24. The number of nitrogens with two attached hydrogens (primary N) is 1. The Labute approximate surface area is 110 Å². The highest BCUT2D eigenvalue weighted by molar-refractivity contribution is 5.25. The molecule has 1 unspecified atom stereocenters. The van der Waals surface area contributed by atoms with Crippen molar-refractivity contribution in [3.8, 4) is 0 Å². The molecule has 2 nitrogen and oxygen atoms in total. The minimum atomic E-state index is -0.165. The van der Waals surface area contributed by atoms with Crippen LogP contribution >= 0.6 is 0 Å². The number of aryl methyl sites for hydroxylation is 1. The van der Waals surface area contributed by atoms with E-state index >= 15 is 0 Å². The molecule has 0 aliphatic carbocycles. The maximum Gasteiger partial charge on any atom is 0.126 e. The van der Waals surface area contributed by atoms with Crippen LogP contribution in [0.15, 0.2) is 18.2 Å². The molecule has 1 aromatic rings. The van der Waals surface area contributed by atoms with E-state index in [-0.39, 0.29) is 11.9 Å². The summed E-state index contributed by atoms with van der Waals surface area (Å²) in [6.07, 6.45) is 3.28. The van der Waals surface area contributed by atoms with E-state index in [1.165, 1.54) is 12.8 Å². The highest BCUT2D eigenvalue weighted by Crippen LogP contribution is 2.17. The summed E-state index contributed by atoms with van der Waals surface area (Å²) >= 11 is 0. The second-order valence-electron chi connectivity index (χ2n) is 5.06. The van der Waals surface area contributed by atoms with Crippen LogP contribution in [0.3, 0.4) is 0 Å². The summed E-state index contributed by atoms with van der Waals surface area (Å²) in [6.45, 7) is 6.01. The third kappa shape index (κ3) is 4.75. The lowest BCUT2D eigenvalue weighted by Gasteiger charge is -2.19. The van der Waals surface area contributed by atoms with Crippen LogP contribution in [0.2, 0.25) is 0 Å². The van der Waals surface area contributed by atoms with Gasteiger partial charge in [-0.25, -0.2) is 4.39 Å². The van der Waals surface area contributed by atoms with E-state index in [4.69, 9.17) is 5.73 Å². The van der Waals surface area contributed by atoms with Crippen LogP contribution in [0.5, 0.6) is 0 Å². The highest BCUT2D eigenvalue weighted by atomic mass is 19.1. The molecule has 18 heavy (non-hydrogen) atoms. The van der Waals surface area contributed by atoms with Crippen molar-refractivity contribution in [2.24, 2.45) is 5.73 Å². The largest absolute Gasteiger partial charge is 0.324 e. The predicted octanol–water partition coefficient (Wildman–Crippen LogP) is 3.26. The van der Waals surface area contributed by atoms with E-state index in [9.17, 15) is 4.39 Å². The summed E-state index contributed by atoms with van der Waals surface area (Å²) in [5.41, 5.74) is 7.66. The summed E-state index contributed by atoms with van der Waals surface area (Å²) in [7, 11) is 2.11. The molecule has 0 radical (unpaired) electrons. The number of benzene rings is 1. The van der Waals surface area contributed by atoms with Crippen LogP contribution in [-0.4, -0.2) is 25.0 Å². The van der Waals surface area contributed by atoms with Crippen LogP contribution in [0.1, 0.15) is 43.4 Å². The molecule has 0 fully saturated rings. The van der Waals surface area contributed by atoms with Gasteiger partial charge in [0.15, 0.2) is 0 Å². The lowest BCUT2D eigenvalue weighted by molar-refractivity contribution is 0.313. The monoisotopic (exact) mass is 252 g/mol. The van der Waals surface area contributed by atoms with Crippen molar-refractivity contribution in [1.29, 1.82) is 0 Å². The third-order valence-electron chi connectivity index (χ3n) is 3.34. The molecule has 0 heterocycles. The fourth-order valence-corrected chi connectivity index (χ4v) is 1.91. The Bertz CT molecular complexity index is 366. The zero-order valence-corrected chi connectivity index (χ0v) is 11.7. The molecule has 0 amide bonds. The van der Waals surface area contributed by atoms with Gasteiger partial charge in [0, 0.05) is 6.04 Å². The van der Waals surface area contributed by atoms with Gasteiger partial charge in [0.2, 0.25) is 0 Å². The summed E-state index contributed by atoms with van der Waals surface area (Å²) in [6, 6.07) is 5.20. The molecule has 1 aromatic carbocycles. The van der Waals surface area contributed by atoms with Gasteiger partial charge in [-0.15, -0.1) is 0 Å². The molecule has 0 spiro atoms. The molecule has 0 saturated heterocycles. The van der Waals surface area contributed by atoms with E-state index in [0.29, 0.717) is 5.56 Å². The first-order chi connectivity index (χ1) is 8.54. The molecular formula is C15H25FN2. The molecule has 1 atom stereocenters. The van der Waals surface area contributed by atoms with E-state index in [1.54, 1.807) is 19.1 Å². The number of nitrogens with zero attached hydrogens (tertiary/aromatic N) is 1. The van der Waals surface area contributed by atoms with Gasteiger partial charge in [0.25, 0.3) is 0 Å². The molecule has 0 aliphatic rings. The zero-order valence-electron chi connectivity index (χ0n) is 11.7. The normalized spacial score (nSPS) is 13.0. The van der Waals surface area contributed by atoms with Crippen molar-refractivity contribution in [3.05, 3.63) is 35.1 Å². The molecule has 2 N–H and O–H groups in total. The average Bonchev–Trinajstić information content (AvgIpc) is 2.36. The van der Waals surface area contributed by atoms with Crippen molar-refractivity contribution in [2.45, 2.75) is 39.2 Å². The average molecular weight is 252 g/mol. The molecule has 0 aromatic heterocycles.